The van der Waals surface area contributed by atoms with E-state index < -0.39 is 0 Å². The van der Waals surface area contributed by atoms with Crippen LogP contribution in [0.3, 0.4) is 0 Å². The van der Waals surface area contributed by atoms with Crippen LogP contribution in [0.15, 0.2) is 119 Å². The van der Waals surface area contributed by atoms with Crippen LogP contribution in [-0.4, -0.2) is 27.1 Å². The van der Waals surface area contributed by atoms with Crippen molar-refractivity contribution in [2.75, 3.05) is 6.54 Å². The molecule has 1 aliphatic rings. The van der Waals surface area contributed by atoms with Crippen LogP contribution in [0, 0.1) is 0 Å². The maximum absolute atomic E-state index is 13.8. The third-order valence-electron chi connectivity index (χ3n) is 6.78. The molecule has 0 bridgehead atoms. The fourth-order valence-electron chi connectivity index (χ4n) is 4.78. The predicted molar refractivity (Wildman–Crippen MR) is 168 cm³/mol. The Kier molecular flexibility index (Phi) is 7.78. The average Bonchev–Trinajstić information content (AvgIpc) is 3.47. The first-order chi connectivity index (χ1) is 19.5. The molecule has 0 spiro atoms. The van der Waals surface area contributed by atoms with Crippen molar-refractivity contribution in [3.05, 3.63) is 141 Å². The number of thioether (sulfide) groups is 1. The average molecular weight is 583 g/mol. The first kappa shape index (κ1) is 26.5. The van der Waals surface area contributed by atoms with Crippen molar-refractivity contribution in [1.82, 2.24) is 9.47 Å². The van der Waals surface area contributed by atoms with Crippen molar-refractivity contribution in [2.45, 2.75) is 13.0 Å². The molecule has 5 aromatic rings. The van der Waals surface area contributed by atoms with Gasteiger partial charge in [-0.1, -0.05) is 96.0 Å². The highest BCUT2D eigenvalue weighted by molar-refractivity contribution is 8.18. The number of amides is 1. The fourth-order valence-corrected chi connectivity index (χ4v) is 6.12. The fraction of sp³-hybridized carbons (Fsp3) is 0.0909. The Hall–Kier alpha value is -3.77. The van der Waals surface area contributed by atoms with Gasteiger partial charge < -0.3 is 4.57 Å². The van der Waals surface area contributed by atoms with Crippen molar-refractivity contribution in [3.63, 3.8) is 0 Å². The molecule has 1 saturated heterocycles. The van der Waals surface area contributed by atoms with Crippen LogP contribution in [0.4, 0.5) is 5.69 Å². The lowest BCUT2D eigenvalue weighted by molar-refractivity contribution is -0.122. The largest absolute Gasteiger partial charge is 0.342 e. The van der Waals surface area contributed by atoms with Gasteiger partial charge in [-0.15, -0.1) is 0 Å². The van der Waals surface area contributed by atoms with Gasteiger partial charge in [0.15, 0.2) is 5.17 Å². The third-order valence-corrected chi connectivity index (χ3v) is 8.52. The Bertz CT molecular complexity index is 1750. The number of halogens is 2. The number of hydrogen-bond acceptors (Lipinski definition) is 3. The van der Waals surface area contributed by atoms with E-state index in [1.54, 1.807) is 4.90 Å². The number of aromatic nitrogens is 1. The number of amidine groups is 1. The summed E-state index contributed by atoms with van der Waals surface area (Å²) >= 11 is 13.8. The number of para-hydroxylation sites is 2. The lowest BCUT2D eigenvalue weighted by atomic mass is 10.1. The lowest BCUT2D eigenvalue weighted by Crippen LogP contribution is -2.31. The smallest absolute Gasteiger partial charge is 0.266 e. The molecule has 2 heterocycles. The number of hydrogen-bond donors (Lipinski definition) is 0. The van der Waals surface area contributed by atoms with E-state index in [-0.39, 0.29) is 5.91 Å². The molecule has 1 aromatic heterocycles. The first-order valence-corrected chi connectivity index (χ1v) is 14.5. The second kappa shape index (κ2) is 11.8. The van der Waals surface area contributed by atoms with Gasteiger partial charge in [-0.25, -0.2) is 4.99 Å². The van der Waals surface area contributed by atoms with Crippen LogP contribution in [0.25, 0.3) is 17.0 Å². The summed E-state index contributed by atoms with van der Waals surface area (Å²) in [4.78, 5) is 21.1. The van der Waals surface area contributed by atoms with Crippen LogP contribution >= 0.6 is 35.0 Å². The molecule has 7 heteroatoms. The van der Waals surface area contributed by atoms with E-state index in [0.717, 1.165) is 34.1 Å². The predicted octanol–water partition coefficient (Wildman–Crippen LogP) is 8.84. The molecular formula is C33H25Cl2N3OS. The normalized spacial score (nSPS) is 15.6. The maximum atomic E-state index is 13.8. The maximum Gasteiger partial charge on any atom is 0.266 e. The molecule has 40 heavy (non-hydrogen) atoms. The first-order valence-electron chi connectivity index (χ1n) is 13.0. The highest BCUT2D eigenvalue weighted by Gasteiger charge is 2.33. The summed E-state index contributed by atoms with van der Waals surface area (Å²) in [6.07, 6.45) is 4.83. The zero-order valence-corrected chi connectivity index (χ0v) is 23.8. The van der Waals surface area contributed by atoms with Gasteiger partial charge >= 0.3 is 0 Å². The van der Waals surface area contributed by atoms with E-state index in [2.05, 4.69) is 35.0 Å². The van der Waals surface area contributed by atoms with Crippen LogP contribution in [0.1, 0.15) is 16.7 Å². The molecule has 6 rings (SSSR count). The molecule has 4 aromatic carbocycles. The quantitative estimate of drug-likeness (QED) is 0.180. The van der Waals surface area contributed by atoms with Crippen LogP contribution in [0.5, 0.6) is 0 Å². The van der Waals surface area contributed by atoms with Crippen LogP contribution in [0.2, 0.25) is 10.0 Å². The summed E-state index contributed by atoms with van der Waals surface area (Å²) in [6, 6.07) is 33.9. The van der Waals surface area contributed by atoms with Crippen molar-refractivity contribution in [3.8, 4) is 0 Å². The second-order valence-corrected chi connectivity index (χ2v) is 11.3. The van der Waals surface area contributed by atoms with Gasteiger partial charge in [0.2, 0.25) is 0 Å². The third kappa shape index (κ3) is 5.73. The molecule has 1 amide bonds. The number of carbonyl (C=O) groups is 1. The summed E-state index contributed by atoms with van der Waals surface area (Å²) in [5.74, 6) is -0.0306. The molecule has 0 atom stereocenters. The van der Waals surface area contributed by atoms with Crippen molar-refractivity contribution >= 4 is 68.7 Å². The number of nitrogens with zero attached hydrogens (tertiary/aromatic N) is 3. The minimum atomic E-state index is -0.0306. The van der Waals surface area contributed by atoms with Gasteiger partial charge in [0.1, 0.15) is 0 Å². The van der Waals surface area contributed by atoms with Gasteiger partial charge in [-0.3, -0.25) is 9.69 Å². The van der Waals surface area contributed by atoms with Gasteiger partial charge in [0.25, 0.3) is 5.91 Å². The molecule has 0 aliphatic carbocycles. The van der Waals surface area contributed by atoms with Crippen LogP contribution < -0.4 is 0 Å². The molecule has 4 nitrogen and oxygen atoms in total. The van der Waals surface area contributed by atoms with Crippen molar-refractivity contribution in [2.24, 2.45) is 4.99 Å². The Morgan fingerprint density at radius 1 is 0.800 bits per heavy atom. The zero-order valence-electron chi connectivity index (χ0n) is 21.5. The van der Waals surface area contributed by atoms with Crippen molar-refractivity contribution < 1.29 is 4.79 Å². The number of aliphatic imine (C=N–C) groups is 1. The van der Waals surface area contributed by atoms with Crippen LogP contribution in [-0.2, 0) is 17.8 Å². The molecule has 198 valence electrons. The number of benzene rings is 4. The number of fused-ring (bicyclic) bond motifs is 1. The summed E-state index contributed by atoms with van der Waals surface area (Å²) in [7, 11) is 0. The van der Waals surface area contributed by atoms with E-state index in [9.17, 15) is 4.79 Å². The molecule has 0 unspecified atom stereocenters. The Morgan fingerprint density at radius 2 is 1.52 bits per heavy atom. The minimum absolute atomic E-state index is 0.0306. The Morgan fingerprint density at radius 3 is 2.30 bits per heavy atom. The number of rotatable bonds is 7. The Balaban J connectivity index is 1.35. The highest BCUT2D eigenvalue weighted by Crippen LogP contribution is 2.36. The molecule has 0 saturated carbocycles. The van der Waals surface area contributed by atoms with Gasteiger partial charge in [0, 0.05) is 35.8 Å². The van der Waals surface area contributed by atoms with E-state index >= 15 is 0 Å². The monoisotopic (exact) mass is 581 g/mol. The van der Waals surface area contributed by atoms with Gasteiger partial charge in [0.05, 0.1) is 20.6 Å². The van der Waals surface area contributed by atoms with E-state index in [0.29, 0.717) is 33.2 Å². The van der Waals surface area contributed by atoms with E-state index in [1.165, 1.54) is 17.3 Å². The topological polar surface area (TPSA) is 37.6 Å². The molecular weight excluding hydrogens is 557 g/mol. The summed E-state index contributed by atoms with van der Waals surface area (Å²) in [5, 5.41) is 2.84. The summed E-state index contributed by atoms with van der Waals surface area (Å²) in [6.45, 7) is 1.18. The van der Waals surface area contributed by atoms with Gasteiger partial charge in [-0.05, 0) is 65.7 Å². The minimum Gasteiger partial charge on any atom is -0.342 e. The molecule has 0 N–H and O–H groups in total. The second-order valence-electron chi connectivity index (χ2n) is 9.51. The van der Waals surface area contributed by atoms with Crippen molar-refractivity contribution in [1.29, 1.82) is 0 Å². The number of carbonyl (C=O) groups excluding carboxylic acids is 1. The molecule has 1 fully saturated rings. The highest BCUT2D eigenvalue weighted by atomic mass is 35.5. The zero-order chi connectivity index (χ0) is 27.5. The standard InChI is InChI=1S/C33H25Cl2N3OS/c34-28-16-15-24(19-29(28)35)21-37-22-25(27-13-7-8-14-30(27)37)20-31-32(39)38(18-17-23-9-3-1-4-10-23)33(40-31)36-26-11-5-2-6-12-26/h1-16,19-20,22H,17-18,21H2/b31-20+,36-33?. The lowest BCUT2D eigenvalue weighted by Gasteiger charge is -2.15. The van der Waals surface area contributed by atoms with Gasteiger partial charge in [-0.2, -0.15) is 0 Å². The molecule has 0 radical (unpaired) electrons. The summed E-state index contributed by atoms with van der Waals surface area (Å²) < 4.78 is 2.18. The van der Waals surface area contributed by atoms with E-state index in [1.807, 2.05) is 84.9 Å². The SMILES string of the molecule is O=C1/C(=C\c2cn(Cc3ccc(Cl)c(Cl)c3)c3ccccc23)SC(=Nc2ccccc2)N1CCc1ccccc1. The summed E-state index contributed by atoms with van der Waals surface area (Å²) in [5.41, 5.74) is 5.11. The molecule has 1 aliphatic heterocycles. The Labute approximate surface area is 247 Å². The van der Waals surface area contributed by atoms with E-state index in [4.69, 9.17) is 28.2 Å².